The average Bonchev–Trinajstić information content (AvgIpc) is 2.78. The third-order valence-electron chi connectivity index (χ3n) is 2.50. The topological polar surface area (TPSA) is 57.8 Å². The monoisotopic (exact) mass is 249 g/mol. The Bertz CT molecular complexity index is 509. The van der Waals surface area contributed by atoms with E-state index in [2.05, 4.69) is 21.8 Å². The van der Waals surface area contributed by atoms with E-state index >= 15 is 0 Å². The lowest BCUT2D eigenvalue weighted by molar-refractivity contribution is 0.0950. The van der Waals surface area contributed by atoms with Gasteiger partial charge in [0.25, 0.3) is 5.91 Å². The Morgan fingerprint density at radius 3 is 3.12 bits per heavy atom. The first-order valence-electron chi connectivity index (χ1n) is 5.53. The van der Waals surface area contributed by atoms with E-state index < -0.39 is 0 Å². The van der Waals surface area contributed by atoms with Crippen LogP contribution in [0.1, 0.15) is 16.9 Å². The number of carbonyl (C=O) groups excluding carboxylic acids is 1. The van der Waals surface area contributed by atoms with Gasteiger partial charge in [-0.2, -0.15) is 16.9 Å². The number of aromatic amines is 1. The first kappa shape index (κ1) is 12.0. The van der Waals surface area contributed by atoms with Gasteiger partial charge in [0, 0.05) is 11.9 Å². The zero-order valence-electron chi connectivity index (χ0n) is 9.69. The minimum absolute atomic E-state index is 0.108. The van der Waals surface area contributed by atoms with Crippen molar-refractivity contribution in [1.82, 2.24) is 15.5 Å². The number of thioether (sulfide) groups is 1. The maximum atomic E-state index is 11.9. The van der Waals surface area contributed by atoms with Crippen LogP contribution in [0.5, 0.6) is 0 Å². The van der Waals surface area contributed by atoms with Gasteiger partial charge in [0.15, 0.2) is 5.69 Å². The number of H-pyrrole nitrogens is 1. The fraction of sp³-hybridized carbons (Fsp3) is 0.333. The van der Waals surface area contributed by atoms with Crippen molar-refractivity contribution in [2.45, 2.75) is 6.42 Å². The Morgan fingerprint density at radius 1 is 1.47 bits per heavy atom. The number of para-hydroxylation sites is 1. The molecule has 0 saturated heterocycles. The van der Waals surface area contributed by atoms with E-state index in [0.717, 1.165) is 23.1 Å². The molecular formula is C12H15N3OS. The molecule has 1 heterocycles. The molecule has 2 aromatic rings. The molecule has 1 aromatic heterocycles. The van der Waals surface area contributed by atoms with Crippen LogP contribution in [0.15, 0.2) is 24.3 Å². The highest BCUT2D eigenvalue weighted by Crippen LogP contribution is 2.14. The standard InChI is InChI=1S/C12H15N3OS/c1-17-8-4-7-13-12(16)11-9-5-2-3-6-10(9)14-15-11/h2-3,5-6H,4,7-8H2,1H3,(H,13,16)(H,14,15). The Hall–Kier alpha value is -1.49. The highest BCUT2D eigenvalue weighted by Gasteiger charge is 2.12. The molecular weight excluding hydrogens is 234 g/mol. The average molecular weight is 249 g/mol. The molecule has 5 heteroatoms. The van der Waals surface area contributed by atoms with Crippen molar-refractivity contribution in [1.29, 1.82) is 0 Å². The van der Waals surface area contributed by atoms with Gasteiger partial charge in [0.2, 0.25) is 0 Å². The summed E-state index contributed by atoms with van der Waals surface area (Å²) in [6.45, 7) is 0.695. The van der Waals surface area contributed by atoms with E-state index in [4.69, 9.17) is 0 Å². The van der Waals surface area contributed by atoms with E-state index in [9.17, 15) is 4.79 Å². The molecule has 17 heavy (non-hydrogen) atoms. The minimum Gasteiger partial charge on any atom is -0.351 e. The fourth-order valence-corrected chi connectivity index (χ4v) is 2.07. The lowest BCUT2D eigenvalue weighted by Gasteiger charge is -2.02. The maximum absolute atomic E-state index is 11.9. The second kappa shape index (κ2) is 5.72. The van der Waals surface area contributed by atoms with Crippen LogP contribution in [0.4, 0.5) is 0 Å². The number of fused-ring (bicyclic) bond motifs is 1. The Labute approximate surface area is 104 Å². The molecule has 0 fully saturated rings. The van der Waals surface area contributed by atoms with Crippen molar-refractivity contribution < 1.29 is 4.79 Å². The minimum atomic E-state index is -0.108. The normalized spacial score (nSPS) is 10.6. The van der Waals surface area contributed by atoms with Crippen molar-refractivity contribution >= 4 is 28.6 Å². The molecule has 0 bridgehead atoms. The van der Waals surface area contributed by atoms with E-state index in [1.807, 2.05) is 24.3 Å². The molecule has 2 rings (SSSR count). The fourth-order valence-electron chi connectivity index (χ4n) is 1.64. The van der Waals surface area contributed by atoms with Crippen LogP contribution in [0.3, 0.4) is 0 Å². The molecule has 0 radical (unpaired) electrons. The second-order valence-corrected chi connectivity index (χ2v) is 4.71. The summed E-state index contributed by atoms with van der Waals surface area (Å²) in [5, 5.41) is 10.7. The molecule has 1 amide bonds. The van der Waals surface area contributed by atoms with Crippen molar-refractivity contribution in [2.24, 2.45) is 0 Å². The molecule has 90 valence electrons. The number of hydrogen-bond acceptors (Lipinski definition) is 3. The number of hydrogen-bond donors (Lipinski definition) is 2. The molecule has 0 aliphatic rings. The number of nitrogens with zero attached hydrogens (tertiary/aromatic N) is 1. The number of amides is 1. The zero-order chi connectivity index (χ0) is 12.1. The molecule has 1 aromatic carbocycles. The largest absolute Gasteiger partial charge is 0.351 e. The van der Waals surface area contributed by atoms with Crippen LogP contribution < -0.4 is 5.32 Å². The number of rotatable bonds is 5. The summed E-state index contributed by atoms with van der Waals surface area (Å²) in [5.74, 6) is 0.949. The summed E-state index contributed by atoms with van der Waals surface area (Å²) in [7, 11) is 0. The Morgan fingerprint density at radius 2 is 2.29 bits per heavy atom. The van der Waals surface area contributed by atoms with Gasteiger partial charge < -0.3 is 5.32 Å². The zero-order valence-corrected chi connectivity index (χ0v) is 10.5. The summed E-state index contributed by atoms with van der Waals surface area (Å²) >= 11 is 1.78. The van der Waals surface area contributed by atoms with Gasteiger partial charge in [0.05, 0.1) is 5.52 Å². The highest BCUT2D eigenvalue weighted by molar-refractivity contribution is 7.98. The van der Waals surface area contributed by atoms with Crippen molar-refractivity contribution in [3.8, 4) is 0 Å². The third kappa shape index (κ3) is 2.79. The Balaban J connectivity index is 2.04. The summed E-state index contributed by atoms with van der Waals surface area (Å²) in [6, 6.07) is 7.63. The first-order chi connectivity index (χ1) is 8.33. The summed E-state index contributed by atoms with van der Waals surface area (Å²) in [4.78, 5) is 11.9. The van der Waals surface area contributed by atoms with Gasteiger partial charge in [-0.15, -0.1) is 0 Å². The summed E-state index contributed by atoms with van der Waals surface area (Å²) in [6.07, 6.45) is 3.04. The predicted octanol–water partition coefficient (Wildman–Crippen LogP) is 2.05. The van der Waals surface area contributed by atoms with Gasteiger partial charge in [-0.1, -0.05) is 18.2 Å². The molecule has 0 unspecified atom stereocenters. The van der Waals surface area contributed by atoms with E-state index in [1.165, 1.54) is 0 Å². The molecule has 2 N–H and O–H groups in total. The van der Waals surface area contributed by atoms with Crippen molar-refractivity contribution in [3.63, 3.8) is 0 Å². The van der Waals surface area contributed by atoms with Gasteiger partial charge in [0.1, 0.15) is 0 Å². The highest BCUT2D eigenvalue weighted by atomic mass is 32.2. The quantitative estimate of drug-likeness (QED) is 0.797. The SMILES string of the molecule is CSCCCNC(=O)c1n[nH]c2ccccc12. The van der Waals surface area contributed by atoms with E-state index in [1.54, 1.807) is 11.8 Å². The number of aromatic nitrogens is 2. The molecule has 4 nitrogen and oxygen atoms in total. The van der Waals surface area contributed by atoms with Gasteiger partial charge in [-0.25, -0.2) is 0 Å². The van der Waals surface area contributed by atoms with Gasteiger partial charge in [-0.05, 0) is 24.5 Å². The summed E-state index contributed by atoms with van der Waals surface area (Å²) < 4.78 is 0. The van der Waals surface area contributed by atoms with Crippen LogP contribution in [0.2, 0.25) is 0 Å². The van der Waals surface area contributed by atoms with E-state index in [0.29, 0.717) is 12.2 Å². The van der Waals surface area contributed by atoms with Crippen LogP contribution in [-0.2, 0) is 0 Å². The van der Waals surface area contributed by atoms with Crippen LogP contribution in [0.25, 0.3) is 10.9 Å². The number of carbonyl (C=O) groups is 1. The molecule has 0 aliphatic heterocycles. The second-order valence-electron chi connectivity index (χ2n) is 3.72. The molecule has 0 atom stereocenters. The van der Waals surface area contributed by atoms with Gasteiger partial charge in [-0.3, -0.25) is 9.89 Å². The van der Waals surface area contributed by atoms with Crippen LogP contribution >= 0.6 is 11.8 Å². The first-order valence-corrected chi connectivity index (χ1v) is 6.92. The third-order valence-corrected chi connectivity index (χ3v) is 3.19. The van der Waals surface area contributed by atoms with Gasteiger partial charge >= 0.3 is 0 Å². The smallest absolute Gasteiger partial charge is 0.272 e. The lowest BCUT2D eigenvalue weighted by atomic mass is 10.2. The van der Waals surface area contributed by atoms with Crippen molar-refractivity contribution in [3.05, 3.63) is 30.0 Å². The van der Waals surface area contributed by atoms with Crippen LogP contribution in [0, 0.1) is 0 Å². The van der Waals surface area contributed by atoms with E-state index in [-0.39, 0.29) is 5.91 Å². The molecule has 0 spiro atoms. The summed E-state index contributed by atoms with van der Waals surface area (Å²) in [5.41, 5.74) is 1.37. The number of benzene rings is 1. The maximum Gasteiger partial charge on any atom is 0.272 e. The van der Waals surface area contributed by atoms with Crippen molar-refractivity contribution in [2.75, 3.05) is 18.6 Å². The lowest BCUT2D eigenvalue weighted by Crippen LogP contribution is -2.25. The molecule has 0 aliphatic carbocycles. The van der Waals surface area contributed by atoms with Crippen LogP contribution in [-0.4, -0.2) is 34.7 Å². The predicted molar refractivity (Wildman–Crippen MR) is 71.4 cm³/mol. The Kier molecular flexibility index (Phi) is 4.03. The molecule has 0 saturated carbocycles. The number of nitrogens with one attached hydrogen (secondary N) is 2.